The molecule has 1 aromatic heterocycles. The summed E-state index contributed by atoms with van der Waals surface area (Å²) < 4.78 is 5.87. The number of halogens is 1. The molecule has 1 atom stereocenters. The van der Waals surface area contributed by atoms with Gasteiger partial charge in [-0.2, -0.15) is 0 Å². The number of nitrogens with one attached hydrogen (secondary N) is 1. The highest BCUT2D eigenvalue weighted by molar-refractivity contribution is 6.30. The highest BCUT2D eigenvalue weighted by Crippen LogP contribution is 2.24. The van der Waals surface area contributed by atoms with E-state index < -0.39 is 0 Å². The van der Waals surface area contributed by atoms with Crippen LogP contribution in [0.5, 0.6) is 0 Å². The van der Waals surface area contributed by atoms with Crippen LogP contribution >= 0.6 is 11.6 Å². The van der Waals surface area contributed by atoms with Crippen LogP contribution < -0.4 is 5.32 Å². The van der Waals surface area contributed by atoms with Crippen molar-refractivity contribution in [3.05, 3.63) is 52.7 Å². The van der Waals surface area contributed by atoms with Crippen molar-refractivity contribution in [2.24, 2.45) is 0 Å². The molecular weight excluding hydrogens is 260 g/mol. The van der Waals surface area contributed by atoms with Crippen molar-refractivity contribution in [1.29, 1.82) is 0 Å². The normalized spacial score (nSPS) is 19.5. The lowest BCUT2D eigenvalue weighted by Crippen LogP contribution is -2.28. The monoisotopic (exact) mass is 276 g/mol. The maximum atomic E-state index is 5.98. The summed E-state index contributed by atoms with van der Waals surface area (Å²) in [4.78, 5) is 4.42. The average molecular weight is 277 g/mol. The average Bonchev–Trinajstić information content (AvgIpc) is 2.88. The minimum absolute atomic E-state index is 0.418. The fourth-order valence-electron chi connectivity index (χ4n) is 2.50. The van der Waals surface area contributed by atoms with Crippen molar-refractivity contribution in [2.75, 3.05) is 13.1 Å². The molecule has 1 fully saturated rings. The van der Waals surface area contributed by atoms with Crippen LogP contribution in [0.25, 0.3) is 0 Å². The molecule has 0 radical (unpaired) electrons. The Kier molecular flexibility index (Phi) is 3.85. The third-order valence-electron chi connectivity index (χ3n) is 3.48. The van der Waals surface area contributed by atoms with E-state index in [-0.39, 0.29) is 0 Å². The Morgan fingerprint density at radius 3 is 3.16 bits per heavy atom. The van der Waals surface area contributed by atoms with Crippen LogP contribution in [0.4, 0.5) is 0 Å². The summed E-state index contributed by atoms with van der Waals surface area (Å²) in [6, 6.07) is 7.85. The molecule has 3 nitrogen and oxygen atoms in total. The van der Waals surface area contributed by atoms with E-state index in [9.17, 15) is 0 Å². The molecule has 0 spiro atoms. The van der Waals surface area contributed by atoms with Crippen molar-refractivity contribution in [3.8, 4) is 0 Å². The van der Waals surface area contributed by atoms with E-state index in [0.29, 0.717) is 5.92 Å². The Balaban J connectivity index is 1.70. The quantitative estimate of drug-likeness (QED) is 0.934. The van der Waals surface area contributed by atoms with Gasteiger partial charge in [0, 0.05) is 23.9 Å². The molecule has 19 heavy (non-hydrogen) atoms. The summed E-state index contributed by atoms with van der Waals surface area (Å²) in [5.41, 5.74) is 1.15. The molecule has 0 aliphatic carbocycles. The Hall–Kier alpha value is -1.32. The first-order valence-corrected chi connectivity index (χ1v) is 7.09. The van der Waals surface area contributed by atoms with Crippen molar-refractivity contribution in [3.63, 3.8) is 0 Å². The van der Waals surface area contributed by atoms with E-state index in [0.717, 1.165) is 48.2 Å². The lowest BCUT2D eigenvalue weighted by atomic mass is 10.00. The summed E-state index contributed by atoms with van der Waals surface area (Å²) in [6.45, 7) is 2.07. The van der Waals surface area contributed by atoms with Gasteiger partial charge in [-0.05, 0) is 37.1 Å². The molecule has 4 heteroatoms. The van der Waals surface area contributed by atoms with Gasteiger partial charge in [0.2, 0.25) is 0 Å². The second-order valence-corrected chi connectivity index (χ2v) is 5.45. The first-order chi connectivity index (χ1) is 9.31. The van der Waals surface area contributed by atoms with Crippen molar-refractivity contribution in [1.82, 2.24) is 10.3 Å². The van der Waals surface area contributed by atoms with Gasteiger partial charge in [0.05, 0.1) is 6.20 Å². The largest absolute Gasteiger partial charge is 0.445 e. The first-order valence-electron chi connectivity index (χ1n) is 6.71. The van der Waals surface area contributed by atoms with Gasteiger partial charge < -0.3 is 9.73 Å². The minimum atomic E-state index is 0.418. The number of aromatic nitrogens is 1. The zero-order valence-corrected chi connectivity index (χ0v) is 11.5. The summed E-state index contributed by atoms with van der Waals surface area (Å²) in [7, 11) is 0. The highest BCUT2D eigenvalue weighted by Gasteiger charge is 2.20. The van der Waals surface area contributed by atoms with Gasteiger partial charge in [-0.1, -0.05) is 23.7 Å². The predicted molar refractivity (Wildman–Crippen MR) is 75.6 cm³/mol. The number of hydrogen-bond donors (Lipinski definition) is 1. The van der Waals surface area contributed by atoms with Crippen LogP contribution in [0.15, 0.2) is 34.9 Å². The van der Waals surface area contributed by atoms with Gasteiger partial charge in [0.25, 0.3) is 0 Å². The molecule has 0 bridgehead atoms. The Labute approximate surface area is 118 Å². The fourth-order valence-corrected chi connectivity index (χ4v) is 2.72. The predicted octanol–water partition coefficient (Wildman–Crippen LogP) is 3.39. The van der Waals surface area contributed by atoms with E-state index in [4.69, 9.17) is 16.0 Å². The van der Waals surface area contributed by atoms with Crippen LogP contribution in [-0.4, -0.2) is 18.1 Å². The first kappa shape index (κ1) is 12.7. The maximum Gasteiger partial charge on any atom is 0.198 e. The number of benzene rings is 1. The molecule has 0 amide bonds. The third kappa shape index (κ3) is 3.17. The lowest BCUT2D eigenvalue weighted by Gasteiger charge is -2.19. The molecule has 1 aliphatic rings. The minimum Gasteiger partial charge on any atom is -0.445 e. The Bertz CT molecular complexity index is 547. The number of oxazole rings is 1. The van der Waals surface area contributed by atoms with Crippen LogP contribution in [-0.2, 0) is 6.42 Å². The van der Waals surface area contributed by atoms with Crippen molar-refractivity contribution >= 4 is 11.6 Å². The molecule has 2 heterocycles. The second-order valence-electron chi connectivity index (χ2n) is 5.01. The van der Waals surface area contributed by atoms with Gasteiger partial charge in [0.15, 0.2) is 5.89 Å². The second kappa shape index (κ2) is 5.76. The molecule has 2 aromatic rings. The smallest absolute Gasteiger partial charge is 0.198 e. The number of piperidine rings is 1. The van der Waals surface area contributed by atoms with Gasteiger partial charge >= 0.3 is 0 Å². The molecule has 1 aromatic carbocycles. The molecule has 1 saturated heterocycles. The maximum absolute atomic E-state index is 5.98. The Morgan fingerprint density at radius 1 is 1.42 bits per heavy atom. The van der Waals surface area contributed by atoms with Crippen LogP contribution in [0.3, 0.4) is 0 Å². The van der Waals surface area contributed by atoms with E-state index in [2.05, 4.69) is 16.4 Å². The Morgan fingerprint density at radius 2 is 2.37 bits per heavy atom. The molecule has 100 valence electrons. The van der Waals surface area contributed by atoms with Crippen LogP contribution in [0, 0.1) is 0 Å². The zero-order valence-electron chi connectivity index (χ0n) is 10.7. The summed E-state index contributed by atoms with van der Waals surface area (Å²) in [5, 5.41) is 4.14. The highest BCUT2D eigenvalue weighted by atomic mass is 35.5. The van der Waals surface area contributed by atoms with Crippen molar-refractivity contribution in [2.45, 2.75) is 25.2 Å². The third-order valence-corrected chi connectivity index (χ3v) is 3.72. The van der Waals surface area contributed by atoms with E-state index in [1.807, 2.05) is 24.4 Å². The fraction of sp³-hybridized carbons (Fsp3) is 0.400. The molecule has 3 rings (SSSR count). The standard InChI is InChI=1S/C15H17ClN2O/c16-13-5-1-3-11(7-13)8-14-10-18-15(19-14)12-4-2-6-17-9-12/h1,3,5,7,10,12,17H,2,4,6,8-9H2. The number of rotatable bonds is 3. The van der Waals surface area contributed by atoms with E-state index in [1.165, 1.54) is 6.42 Å². The lowest BCUT2D eigenvalue weighted by molar-refractivity contribution is 0.365. The van der Waals surface area contributed by atoms with Crippen LogP contribution in [0.1, 0.15) is 36.0 Å². The SMILES string of the molecule is Clc1cccc(Cc2cnc(C3CCCNC3)o2)c1. The molecule has 1 N–H and O–H groups in total. The molecule has 0 saturated carbocycles. The number of nitrogens with zero attached hydrogens (tertiary/aromatic N) is 1. The van der Waals surface area contributed by atoms with Crippen LogP contribution in [0.2, 0.25) is 5.02 Å². The number of hydrogen-bond acceptors (Lipinski definition) is 3. The molecular formula is C15H17ClN2O. The molecule has 1 aliphatic heterocycles. The van der Waals surface area contributed by atoms with Crippen molar-refractivity contribution < 1.29 is 4.42 Å². The van der Waals surface area contributed by atoms with Gasteiger partial charge in [-0.25, -0.2) is 4.98 Å². The van der Waals surface area contributed by atoms with Gasteiger partial charge in [-0.3, -0.25) is 0 Å². The van der Waals surface area contributed by atoms with E-state index >= 15 is 0 Å². The summed E-state index contributed by atoms with van der Waals surface area (Å²) in [5.74, 6) is 2.19. The molecule has 1 unspecified atom stereocenters. The summed E-state index contributed by atoms with van der Waals surface area (Å²) >= 11 is 5.98. The zero-order chi connectivity index (χ0) is 13.1. The van der Waals surface area contributed by atoms with Gasteiger partial charge in [-0.15, -0.1) is 0 Å². The topological polar surface area (TPSA) is 38.1 Å². The summed E-state index contributed by atoms with van der Waals surface area (Å²) in [6.07, 6.45) is 4.93. The van der Waals surface area contributed by atoms with E-state index in [1.54, 1.807) is 0 Å². The van der Waals surface area contributed by atoms with Gasteiger partial charge in [0.1, 0.15) is 5.76 Å².